The smallest absolute Gasteiger partial charge is 0.0397 e. The summed E-state index contributed by atoms with van der Waals surface area (Å²) in [6, 6.07) is 7.03. The molecule has 0 aliphatic rings. The van der Waals surface area contributed by atoms with Crippen LogP contribution in [-0.4, -0.2) is 7.05 Å². The minimum absolute atomic E-state index is 1.22. The molecule has 0 aliphatic carbocycles. The van der Waals surface area contributed by atoms with Gasteiger partial charge < -0.3 is 5.32 Å². The zero-order chi connectivity index (χ0) is 7.56. The highest BCUT2D eigenvalue weighted by Gasteiger charge is 1.96. The van der Waals surface area contributed by atoms with Gasteiger partial charge >= 0.3 is 0 Å². The Morgan fingerprint density at radius 3 is 2.00 bits per heavy atom. The second-order valence-corrected chi connectivity index (χ2v) is 2.45. The molecular weight excluding hydrogens is 122 g/mol. The molecule has 0 unspecified atom stereocenters. The summed E-state index contributed by atoms with van der Waals surface area (Å²) in [4.78, 5) is 0. The summed E-state index contributed by atoms with van der Waals surface area (Å²) in [5, 5.41) is 3.14. The fourth-order valence-corrected chi connectivity index (χ4v) is 1.14. The van der Waals surface area contributed by atoms with E-state index in [1.807, 2.05) is 19.2 Å². The largest absolute Gasteiger partial charge is 0.388 e. The molecule has 0 aliphatic heterocycles. The van der Waals surface area contributed by atoms with Crippen molar-refractivity contribution in [2.24, 2.45) is 0 Å². The Kier molecular flexibility index (Phi) is 1.95. The van der Waals surface area contributed by atoms with E-state index >= 15 is 0 Å². The minimum Gasteiger partial charge on any atom is -0.388 e. The third-order valence-corrected chi connectivity index (χ3v) is 1.64. The molecule has 0 fully saturated rings. The normalized spacial score (nSPS) is 9.50. The molecule has 0 bridgehead atoms. The molecule has 0 atom stereocenters. The Balaban J connectivity index is 3.17. The predicted octanol–water partition coefficient (Wildman–Crippen LogP) is 2.15. The Morgan fingerprint density at radius 2 is 1.70 bits per heavy atom. The average Bonchev–Trinajstić information content (AvgIpc) is 1.88. The van der Waals surface area contributed by atoms with Crippen molar-refractivity contribution in [3.8, 4) is 0 Å². The van der Waals surface area contributed by atoms with Crippen LogP contribution < -0.4 is 5.32 Å². The first-order chi connectivity index (χ1) is 4.75. The number of aryl methyl sites for hydroxylation is 2. The summed E-state index contributed by atoms with van der Waals surface area (Å²) in [6.07, 6.45) is 0. The molecule has 0 heterocycles. The zero-order valence-corrected chi connectivity index (χ0v) is 6.65. The van der Waals surface area contributed by atoms with E-state index in [1.165, 1.54) is 16.8 Å². The maximum Gasteiger partial charge on any atom is 0.0397 e. The first-order valence-corrected chi connectivity index (χ1v) is 3.40. The number of hydrogen-bond donors (Lipinski definition) is 1. The van der Waals surface area contributed by atoms with E-state index in [1.54, 1.807) is 0 Å². The number of hydrogen-bond acceptors (Lipinski definition) is 1. The van der Waals surface area contributed by atoms with E-state index in [9.17, 15) is 0 Å². The fraction of sp³-hybridized carbons (Fsp3) is 0.333. The van der Waals surface area contributed by atoms with Gasteiger partial charge in [-0.15, -0.1) is 0 Å². The SMILES string of the molecule is CNc1c(C)c[c]cc1C. The average molecular weight is 134 g/mol. The summed E-state index contributed by atoms with van der Waals surface area (Å²) < 4.78 is 0. The highest BCUT2D eigenvalue weighted by molar-refractivity contribution is 5.55. The van der Waals surface area contributed by atoms with Gasteiger partial charge in [0.2, 0.25) is 0 Å². The number of rotatable bonds is 1. The van der Waals surface area contributed by atoms with Crippen molar-refractivity contribution >= 4 is 5.69 Å². The van der Waals surface area contributed by atoms with Crippen LogP contribution in [0.2, 0.25) is 0 Å². The van der Waals surface area contributed by atoms with E-state index in [4.69, 9.17) is 0 Å². The molecule has 10 heavy (non-hydrogen) atoms. The molecule has 0 amide bonds. The van der Waals surface area contributed by atoms with Crippen molar-refractivity contribution in [2.45, 2.75) is 13.8 Å². The van der Waals surface area contributed by atoms with Crippen molar-refractivity contribution in [2.75, 3.05) is 12.4 Å². The molecule has 53 valence electrons. The van der Waals surface area contributed by atoms with Crippen LogP contribution in [-0.2, 0) is 0 Å². The van der Waals surface area contributed by atoms with Gasteiger partial charge in [0.15, 0.2) is 0 Å². The topological polar surface area (TPSA) is 12.0 Å². The van der Waals surface area contributed by atoms with Crippen LogP contribution in [0.1, 0.15) is 11.1 Å². The maximum absolute atomic E-state index is 3.14. The zero-order valence-electron chi connectivity index (χ0n) is 6.65. The van der Waals surface area contributed by atoms with Crippen molar-refractivity contribution < 1.29 is 0 Å². The lowest BCUT2D eigenvalue weighted by Crippen LogP contribution is -1.93. The highest BCUT2D eigenvalue weighted by atomic mass is 14.8. The Morgan fingerprint density at radius 1 is 1.20 bits per heavy atom. The van der Waals surface area contributed by atoms with Crippen LogP contribution in [0.25, 0.3) is 0 Å². The first-order valence-electron chi connectivity index (χ1n) is 3.40. The lowest BCUT2D eigenvalue weighted by Gasteiger charge is -2.06. The molecule has 1 heteroatoms. The van der Waals surface area contributed by atoms with Gasteiger partial charge in [-0.2, -0.15) is 0 Å². The minimum atomic E-state index is 1.22. The maximum atomic E-state index is 3.14. The fourth-order valence-electron chi connectivity index (χ4n) is 1.14. The highest BCUT2D eigenvalue weighted by Crippen LogP contribution is 2.17. The monoisotopic (exact) mass is 134 g/mol. The lowest BCUT2D eigenvalue weighted by molar-refractivity contribution is 1.33. The van der Waals surface area contributed by atoms with Crippen LogP contribution in [0.5, 0.6) is 0 Å². The van der Waals surface area contributed by atoms with Gasteiger partial charge in [0, 0.05) is 12.7 Å². The molecule has 1 aromatic rings. The summed E-state index contributed by atoms with van der Waals surface area (Å²) >= 11 is 0. The van der Waals surface area contributed by atoms with E-state index in [2.05, 4.69) is 25.2 Å². The van der Waals surface area contributed by atoms with Crippen LogP contribution in [0.4, 0.5) is 5.69 Å². The molecule has 0 saturated heterocycles. The van der Waals surface area contributed by atoms with E-state index in [0.29, 0.717) is 0 Å². The second kappa shape index (κ2) is 2.74. The molecular formula is C9H12N. The van der Waals surface area contributed by atoms with Gasteiger partial charge in [-0.3, -0.25) is 0 Å². The molecule has 1 nitrogen and oxygen atoms in total. The van der Waals surface area contributed by atoms with Crippen LogP contribution in [0.15, 0.2) is 12.1 Å². The Hall–Kier alpha value is -0.980. The molecule has 1 rings (SSSR count). The Labute approximate surface area is 62.1 Å². The van der Waals surface area contributed by atoms with Gasteiger partial charge in [-0.25, -0.2) is 0 Å². The molecule has 0 saturated carbocycles. The molecule has 0 spiro atoms. The van der Waals surface area contributed by atoms with Gasteiger partial charge in [0.25, 0.3) is 0 Å². The van der Waals surface area contributed by atoms with E-state index < -0.39 is 0 Å². The van der Waals surface area contributed by atoms with Gasteiger partial charge in [0.1, 0.15) is 0 Å². The summed E-state index contributed by atoms with van der Waals surface area (Å²) in [5.41, 5.74) is 3.73. The third-order valence-electron chi connectivity index (χ3n) is 1.64. The van der Waals surface area contributed by atoms with Crippen molar-refractivity contribution in [3.05, 3.63) is 29.3 Å². The van der Waals surface area contributed by atoms with E-state index in [0.717, 1.165) is 0 Å². The quantitative estimate of drug-likeness (QED) is 0.620. The standard InChI is InChI=1S/C9H12N/c1-7-5-4-6-8(2)9(7)10-3/h5-6,10H,1-3H3. The Bertz CT molecular complexity index is 208. The predicted molar refractivity (Wildman–Crippen MR) is 44.3 cm³/mol. The molecule has 1 N–H and O–H groups in total. The lowest BCUT2D eigenvalue weighted by atomic mass is 10.1. The molecule has 1 aromatic carbocycles. The molecule has 0 aromatic heterocycles. The van der Waals surface area contributed by atoms with Gasteiger partial charge in [0.05, 0.1) is 0 Å². The summed E-state index contributed by atoms with van der Waals surface area (Å²) in [7, 11) is 1.94. The van der Waals surface area contributed by atoms with E-state index in [-0.39, 0.29) is 0 Å². The first kappa shape index (κ1) is 7.13. The van der Waals surface area contributed by atoms with Gasteiger partial charge in [-0.05, 0) is 43.2 Å². The van der Waals surface area contributed by atoms with Crippen LogP contribution >= 0.6 is 0 Å². The van der Waals surface area contributed by atoms with Crippen molar-refractivity contribution in [1.29, 1.82) is 0 Å². The number of nitrogens with one attached hydrogen (secondary N) is 1. The van der Waals surface area contributed by atoms with Crippen molar-refractivity contribution in [1.82, 2.24) is 0 Å². The second-order valence-electron chi connectivity index (χ2n) is 2.45. The van der Waals surface area contributed by atoms with Crippen molar-refractivity contribution in [3.63, 3.8) is 0 Å². The molecule has 1 radical (unpaired) electrons. The van der Waals surface area contributed by atoms with Gasteiger partial charge in [-0.1, -0.05) is 0 Å². The third kappa shape index (κ3) is 1.13. The summed E-state index contributed by atoms with van der Waals surface area (Å²) in [5.74, 6) is 0. The number of anilines is 1. The summed E-state index contributed by atoms with van der Waals surface area (Å²) in [6.45, 7) is 4.16. The van der Waals surface area contributed by atoms with Crippen LogP contribution in [0, 0.1) is 19.9 Å². The number of benzene rings is 1. The van der Waals surface area contributed by atoms with Crippen LogP contribution in [0.3, 0.4) is 0 Å².